The predicted molar refractivity (Wildman–Crippen MR) is 119 cm³/mol. The molecule has 1 unspecified atom stereocenters. The van der Waals surface area contributed by atoms with Crippen LogP contribution in [0.1, 0.15) is 63.7 Å². The maximum atomic E-state index is 13.4. The minimum atomic E-state index is -0.673. The molecule has 164 valence electrons. The molecule has 2 aromatic carbocycles. The molecule has 5 nitrogen and oxygen atoms in total. The van der Waals surface area contributed by atoms with Crippen LogP contribution in [0.2, 0.25) is 0 Å². The van der Waals surface area contributed by atoms with E-state index in [2.05, 4.69) is 10.3 Å². The number of halogens is 1. The molecule has 1 aliphatic heterocycles. The number of ketones is 1. The lowest BCUT2D eigenvalue weighted by atomic mass is 9.84. The number of rotatable bonds is 7. The second-order valence-corrected chi connectivity index (χ2v) is 7.87. The average molecular weight is 432 g/mol. The molecule has 0 saturated carbocycles. The zero-order chi connectivity index (χ0) is 22.6. The minimum Gasteiger partial charge on any atom is -0.365 e. The Morgan fingerprint density at radius 1 is 1.03 bits per heavy atom. The molecule has 1 aliphatic rings. The number of carbonyl (C=O) groups excluding carboxylic acids is 2. The fourth-order valence-electron chi connectivity index (χ4n) is 4.03. The highest BCUT2D eigenvalue weighted by molar-refractivity contribution is 5.95. The number of hydrogen-bond acceptors (Lipinski definition) is 4. The number of amides is 1. The lowest BCUT2D eigenvalue weighted by molar-refractivity contribution is 0.0356. The molecule has 0 radical (unpaired) electrons. The molecule has 1 saturated heterocycles. The van der Waals surface area contributed by atoms with Gasteiger partial charge in [-0.25, -0.2) is 4.39 Å². The molecular weight excluding hydrogens is 407 g/mol. The maximum Gasteiger partial charge on any atom is 0.270 e. The van der Waals surface area contributed by atoms with Gasteiger partial charge in [0.2, 0.25) is 0 Å². The topological polar surface area (TPSA) is 68.3 Å². The molecule has 1 aromatic heterocycles. The summed E-state index contributed by atoms with van der Waals surface area (Å²) >= 11 is 0. The quantitative estimate of drug-likeness (QED) is 0.545. The number of benzene rings is 2. The van der Waals surface area contributed by atoms with Crippen molar-refractivity contribution in [1.82, 2.24) is 10.3 Å². The molecule has 1 fully saturated rings. The Morgan fingerprint density at radius 3 is 2.34 bits per heavy atom. The van der Waals surface area contributed by atoms with Gasteiger partial charge in [-0.15, -0.1) is 0 Å². The number of pyridine rings is 1. The molecule has 1 atom stereocenters. The summed E-state index contributed by atoms with van der Waals surface area (Å²) in [6.07, 6.45) is 3.78. The summed E-state index contributed by atoms with van der Waals surface area (Å²) in [5.74, 6) is -0.485. The first-order valence-electron chi connectivity index (χ1n) is 10.8. The molecule has 4 rings (SSSR count). The van der Waals surface area contributed by atoms with E-state index >= 15 is 0 Å². The first-order valence-corrected chi connectivity index (χ1v) is 10.8. The first kappa shape index (κ1) is 21.8. The van der Waals surface area contributed by atoms with Crippen molar-refractivity contribution in [1.29, 1.82) is 0 Å². The van der Waals surface area contributed by atoms with E-state index in [-0.39, 0.29) is 17.5 Å². The molecule has 0 aliphatic carbocycles. The molecule has 1 amide bonds. The third kappa shape index (κ3) is 4.46. The van der Waals surface area contributed by atoms with Crippen LogP contribution in [-0.4, -0.2) is 23.3 Å². The van der Waals surface area contributed by atoms with Crippen molar-refractivity contribution in [2.24, 2.45) is 0 Å². The van der Waals surface area contributed by atoms with Crippen LogP contribution in [0.15, 0.2) is 66.9 Å². The summed E-state index contributed by atoms with van der Waals surface area (Å²) in [4.78, 5) is 28.6. The summed E-state index contributed by atoms with van der Waals surface area (Å²) < 4.78 is 19.5. The van der Waals surface area contributed by atoms with Gasteiger partial charge in [0.05, 0.1) is 0 Å². The molecule has 2 heterocycles. The van der Waals surface area contributed by atoms with Gasteiger partial charge in [0.1, 0.15) is 17.1 Å². The van der Waals surface area contributed by atoms with E-state index in [1.54, 1.807) is 36.5 Å². The molecule has 0 bridgehead atoms. The van der Waals surface area contributed by atoms with Crippen LogP contribution >= 0.6 is 0 Å². The second-order valence-electron chi connectivity index (χ2n) is 7.87. The van der Waals surface area contributed by atoms with E-state index in [1.165, 1.54) is 12.1 Å². The number of Topliss-reactive ketones (excluding diaryl/α,β-unsaturated/α-hetero) is 1. The van der Waals surface area contributed by atoms with Crippen LogP contribution in [0.3, 0.4) is 0 Å². The molecule has 0 spiro atoms. The van der Waals surface area contributed by atoms with E-state index in [0.717, 1.165) is 29.5 Å². The van der Waals surface area contributed by atoms with Crippen LogP contribution in [0.25, 0.3) is 0 Å². The van der Waals surface area contributed by atoms with Crippen molar-refractivity contribution in [2.45, 2.75) is 38.3 Å². The summed E-state index contributed by atoms with van der Waals surface area (Å²) in [5, 5.41) is 2.86. The van der Waals surface area contributed by atoms with Crippen molar-refractivity contribution in [3.05, 3.63) is 101 Å². The Hall–Kier alpha value is -3.38. The Labute approximate surface area is 186 Å². The zero-order valence-electron chi connectivity index (χ0n) is 17.9. The number of aromatic nitrogens is 1. The molecular formula is C26H25FN2O3. The summed E-state index contributed by atoms with van der Waals surface area (Å²) in [7, 11) is 0. The number of nitrogens with zero attached hydrogens (tertiary/aromatic N) is 1. The SMILES string of the molecule is CCC(=O)c1ccc(CNC(=O)c2ccc(C3(c4ccc(F)cc4)CCCO3)cn2)cc1. The Morgan fingerprint density at radius 2 is 1.75 bits per heavy atom. The summed E-state index contributed by atoms with van der Waals surface area (Å²) in [5.41, 5.74) is 2.92. The molecule has 1 N–H and O–H groups in total. The maximum absolute atomic E-state index is 13.4. The van der Waals surface area contributed by atoms with E-state index in [1.807, 2.05) is 25.1 Å². The standard InChI is InChI=1S/C26H25FN2O3/c1-2-24(30)19-6-4-18(5-7-19)16-29-25(31)23-13-10-21(17-28-23)26(14-3-15-32-26)20-8-11-22(27)12-9-20/h4-13,17H,2-3,14-16H2,1H3,(H,29,31). The highest BCUT2D eigenvalue weighted by Gasteiger charge is 2.39. The Kier molecular flexibility index (Phi) is 6.42. The van der Waals surface area contributed by atoms with Crippen LogP contribution in [-0.2, 0) is 16.9 Å². The number of hydrogen-bond donors (Lipinski definition) is 1. The predicted octanol–water partition coefficient (Wildman–Crippen LogP) is 4.80. The fraction of sp³-hybridized carbons (Fsp3) is 0.269. The van der Waals surface area contributed by atoms with Gasteiger partial charge in [-0.3, -0.25) is 14.6 Å². The smallest absolute Gasteiger partial charge is 0.270 e. The lowest BCUT2D eigenvalue weighted by Crippen LogP contribution is -2.28. The number of nitrogens with one attached hydrogen (secondary N) is 1. The van der Waals surface area contributed by atoms with Gasteiger partial charge in [-0.05, 0) is 42.2 Å². The van der Waals surface area contributed by atoms with Crippen LogP contribution in [0, 0.1) is 5.82 Å². The van der Waals surface area contributed by atoms with Crippen molar-refractivity contribution >= 4 is 11.7 Å². The number of carbonyl (C=O) groups is 2. The van der Waals surface area contributed by atoms with Gasteiger partial charge in [0.25, 0.3) is 5.91 Å². The van der Waals surface area contributed by atoms with Gasteiger partial charge in [-0.1, -0.05) is 49.4 Å². The zero-order valence-corrected chi connectivity index (χ0v) is 17.9. The van der Waals surface area contributed by atoms with E-state index < -0.39 is 5.60 Å². The second kappa shape index (κ2) is 9.40. The third-order valence-corrected chi connectivity index (χ3v) is 5.84. The monoisotopic (exact) mass is 432 g/mol. The summed E-state index contributed by atoms with van der Waals surface area (Å²) in [6, 6.07) is 17.1. The largest absolute Gasteiger partial charge is 0.365 e. The van der Waals surface area contributed by atoms with Gasteiger partial charge < -0.3 is 10.1 Å². The van der Waals surface area contributed by atoms with E-state index in [0.29, 0.717) is 30.8 Å². The lowest BCUT2D eigenvalue weighted by Gasteiger charge is -2.29. The van der Waals surface area contributed by atoms with Gasteiger partial charge >= 0.3 is 0 Å². The molecule has 6 heteroatoms. The van der Waals surface area contributed by atoms with Gasteiger partial charge in [0.15, 0.2) is 5.78 Å². The van der Waals surface area contributed by atoms with E-state index in [9.17, 15) is 14.0 Å². The van der Waals surface area contributed by atoms with Gasteiger partial charge in [0, 0.05) is 36.9 Å². The van der Waals surface area contributed by atoms with Crippen molar-refractivity contribution in [3.63, 3.8) is 0 Å². The normalized spacial score (nSPS) is 17.8. The minimum absolute atomic E-state index is 0.0922. The first-order chi connectivity index (χ1) is 15.5. The molecule has 3 aromatic rings. The summed E-state index contributed by atoms with van der Waals surface area (Å²) in [6.45, 7) is 2.78. The highest BCUT2D eigenvalue weighted by atomic mass is 19.1. The average Bonchev–Trinajstić information content (AvgIpc) is 3.34. The Bertz CT molecular complexity index is 1090. The Balaban J connectivity index is 1.45. The van der Waals surface area contributed by atoms with E-state index in [4.69, 9.17) is 4.74 Å². The van der Waals surface area contributed by atoms with Crippen molar-refractivity contribution in [3.8, 4) is 0 Å². The van der Waals surface area contributed by atoms with Crippen LogP contribution in [0.4, 0.5) is 4.39 Å². The number of ether oxygens (including phenoxy) is 1. The highest BCUT2D eigenvalue weighted by Crippen LogP contribution is 2.42. The fourth-order valence-corrected chi connectivity index (χ4v) is 4.03. The van der Waals surface area contributed by atoms with Crippen molar-refractivity contribution in [2.75, 3.05) is 6.61 Å². The van der Waals surface area contributed by atoms with Gasteiger partial charge in [-0.2, -0.15) is 0 Å². The van der Waals surface area contributed by atoms with Crippen LogP contribution < -0.4 is 5.32 Å². The van der Waals surface area contributed by atoms with Crippen LogP contribution in [0.5, 0.6) is 0 Å². The third-order valence-electron chi connectivity index (χ3n) is 5.84. The molecule has 32 heavy (non-hydrogen) atoms. The van der Waals surface area contributed by atoms with Crippen molar-refractivity contribution < 1.29 is 18.7 Å².